The molecule has 0 bridgehead atoms. The van der Waals surface area contributed by atoms with Crippen molar-refractivity contribution in [2.45, 2.75) is 36.7 Å². The van der Waals surface area contributed by atoms with E-state index in [1.807, 2.05) is 18.0 Å². The van der Waals surface area contributed by atoms with Crippen LogP contribution in [0.2, 0.25) is 13.1 Å². The third-order valence-corrected chi connectivity index (χ3v) is 10.9. The maximum absolute atomic E-state index is 10.0. The minimum atomic E-state index is -1.66. The van der Waals surface area contributed by atoms with E-state index >= 15 is 0 Å². The second-order valence-electron chi connectivity index (χ2n) is 8.97. The molecule has 0 amide bonds. The summed E-state index contributed by atoms with van der Waals surface area (Å²) in [5.74, 6) is -0.0625. The van der Waals surface area contributed by atoms with E-state index in [4.69, 9.17) is 10.1 Å². The zero-order valence-electron chi connectivity index (χ0n) is 19.4. The average Bonchev–Trinajstić information content (AvgIpc) is 2.92. The Morgan fingerprint density at radius 3 is 2.47 bits per heavy atom. The predicted molar refractivity (Wildman–Crippen MR) is 139 cm³/mol. The van der Waals surface area contributed by atoms with Gasteiger partial charge in [-0.25, -0.2) is 0 Å². The number of allylic oxidation sites excluding steroid dienone is 2. The Kier molecular flexibility index (Phi) is 6.71. The topological polar surface area (TPSA) is 50.2 Å². The fraction of sp³-hybridized carbons (Fsp3) is 0.143. The molecule has 0 unspecified atom stereocenters. The molecule has 1 aromatic heterocycles. The van der Waals surface area contributed by atoms with Crippen molar-refractivity contribution < 1.29 is 30.0 Å². The number of pyridine rings is 1. The molecule has 1 radical (unpaired) electrons. The van der Waals surface area contributed by atoms with E-state index in [-0.39, 0.29) is 31.6 Å². The fourth-order valence-electron chi connectivity index (χ4n) is 4.83. The van der Waals surface area contributed by atoms with Gasteiger partial charge in [-0.3, -0.25) is 4.79 Å². The van der Waals surface area contributed by atoms with Crippen LogP contribution >= 0.6 is 11.8 Å². The van der Waals surface area contributed by atoms with Gasteiger partial charge in [-0.1, -0.05) is 72.0 Å². The molecule has 3 nitrogen and oxygen atoms in total. The number of carbonyl (C=O) groups excluding carboxylic acids is 1. The van der Waals surface area contributed by atoms with Gasteiger partial charge in [0, 0.05) is 47.9 Å². The Labute approximate surface area is 218 Å². The molecule has 0 saturated carbocycles. The van der Waals surface area contributed by atoms with Crippen molar-refractivity contribution >= 4 is 46.8 Å². The molecule has 4 aromatic rings. The molecule has 2 aliphatic heterocycles. The number of aliphatic hydroxyl groups is 1. The van der Waals surface area contributed by atoms with Gasteiger partial charge in [0.1, 0.15) is 0 Å². The van der Waals surface area contributed by atoms with Crippen molar-refractivity contribution in [2.75, 3.05) is 0 Å². The summed E-state index contributed by atoms with van der Waals surface area (Å²) in [6.45, 7) is 7.78. The Morgan fingerprint density at radius 2 is 1.76 bits per heavy atom. The first kappa shape index (κ1) is 24.6. The Balaban J connectivity index is 0.000000303. The van der Waals surface area contributed by atoms with Crippen molar-refractivity contribution in [2.24, 2.45) is 0 Å². The molecule has 6 heteroatoms. The summed E-state index contributed by atoms with van der Waals surface area (Å²) in [7, 11) is -1.66. The van der Waals surface area contributed by atoms with Crippen LogP contribution in [-0.2, 0) is 24.9 Å². The summed E-state index contributed by atoms with van der Waals surface area (Å²) in [6, 6.07) is 23.4. The van der Waals surface area contributed by atoms with E-state index in [0.717, 1.165) is 5.69 Å². The molecular formula is C28H24IrNO2SSi-. The van der Waals surface area contributed by atoms with Crippen LogP contribution in [0.5, 0.6) is 0 Å². The predicted octanol–water partition coefficient (Wildman–Crippen LogP) is 6.00. The van der Waals surface area contributed by atoms with Crippen molar-refractivity contribution in [1.82, 2.24) is 4.98 Å². The van der Waals surface area contributed by atoms with Crippen LogP contribution in [0.1, 0.15) is 13.8 Å². The van der Waals surface area contributed by atoms with Gasteiger partial charge in [0.2, 0.25) is 0 Å². The summed E-state index contributed by atoms with van der Waals surface area (Å²) in [5.41, 5.74) is 5.10. The van der Waals surface area contributed by atoms with Crippen LogP contribution in [0.15, 0.2) is 82.4 Å². The van der Waals surface area contributed by atoms with Gasteiger partial charge in [-0.15, -0.1) is 28.9 Å². The van der Waals surface area contributed by atoms with Crippen LogP contribution in [0.25, 0.3) is 33.2 Å². The number of hydrogen-bond donors (Lipinski definition) is 1. The van der Waals surface area contributed by atoms with Gasteiger partial charge in [-0.05, 0) is 36.2 Å². The van der Waals surface area contributed by atoms with Gasteiger partial charge in [0.25, 0.3) is 0 Å². The maximum Gasteiger partial charge on any atom is 0.155 e. The smallest absolute Gasteiger partial charge is 0.155 e. The molecule has 0 spiro atoms. The third kappa shape index (κ3) is 3.99. The number of benzene rings is 3. The first-order chi connectivity index (χ1) is 15.8. The van der Waals surface area contributed by atoms with E-state index in [1.54, 1.807) is 5.19 Å². The fourth-order valence-corrected chi connectivity index (χ4v) is 9.21. The Bertz CT molecular complexity index is 1480. The van der Waals surface area contributed by atoms with Crippen LogP contribution in [0.4, 0.5) is 0 Å². The van der Waals surface area contributed by atoms with E-state index in [2.05, 4.69) is 73.8 Å². The SMILES string of the molecule is CC(=O)/C=C(/C)O.C[Si]1(C)c2cc[c-]c3c2-c2c(cccc21)Sc1c-3ncc2ccccc12.[Ir]. The van der Waals surface area contributed by atoms with Crippen LogP contribution in [-0.4, -0.2) is 23.9 Å². The van der Waals surface area contributed by atoms with Crippen molar-refractivity contribution in [3.8, 4) is 22.4 Å². The van der Waals surface area contributed by atoms with Crippen LogP contribution in [0.3, 0.4) is 0 Å². The number of rotatable bonds is 1. The van der Waals surface area contributed by atoms with Gasteiger partial charge in [-0.2, -0.15) is 0 Å². The third-order valence-electron chi connectivity index (χ3n) is 6.23. The standard InChI is InChI=1S/C23H16NSSi.C5H8O2.Ir/c1-26(2)18-11-5-9-16-20(18)21-17(10-6-12-19(21)26)25-23-15-8-4-3-7-14(15)13-24-22(16)23;1-4(6)3-5(2)7;/h3-8,10-13H,1-2H3;3,6H,1-2H3;/q-1;;/b;4-3-;. The largest absolute Gasteiger partial charge is 0.512 e. The van der Waals surface area contributed by atoms with Crippen molar-refractivity contribution in [3.63, 3.8) is 0 Å². The molecule has 6 rings (SSSR count). The van der Waals surface area contributed by atoms with Crippen molar-refractivity contribution in [1.29, 1.82) is 0 Å². The summed E-state index contributed by atoms with van der Waals surface area (Å²) in [6.07, 6.45) is 3.18. The molecule has 1 N–H and O–H groups in total. The number of hydrogen-bond acceptors (Lipinski definition) is 4. The number of ketones is 1. The minimum Gasteiger partial charge on any atom is -0.512 e. The molecule has 34 heavy (non-hydrogen) atoms. The van der Waals surface area contributed by atoms with Crippen molar-refractivity contribution in [3.05, 3.63) is 78.7 Å². The number of nitrogens with zero attached hydrogens (tertiary/aromatic N) is 1. The molecule has 173 valence electrons. The monoisotopic (exact) mass is 659 g/mol. The van der Waals surface area contributed by atoms with E-state index in [1.165, 1.54) is 62.4 Å². The van der Waals surface area contributed by atoms with Gasteiger partial charge >= 0.3 is 0 Å². The average molecular weight is 659 g/mol. The summed E-state index contributed by atoms with van der Waals surface area (Å²) < 4.78 is 0. The zero-order chi connectivity index (χ0) is 23.3. The second-order valence-corrected chi connectivity index (χ2v) is 14.3. The number of aliphatic hydroxyl groups excluding tert-OH is 1. The summed E-state index contributed by atoms with van der Waals surface area (Å²) in [5, 5.41) is 13.9. The molecule has 3 aromatic carbocycles. The van der Waals surface area contributed by atoms with E-state index in [0.29, 0.717) is 0 Å². The molecule has 0 fully saturated rings. The Hall–Kier alpha value is -2.50. The van der Waals surface area contributed by atoms with Crippen LogP contribution < -0.4 is 10.4 Å². The number of fused-ring (bicyclic) bond motifs is 4. The number of carbonyl (C=O) groups is 1. The minimum absolute atomic E-state index is 0. The van der Waals surface area contributed by atoms with E-state index < -0.39 is 8.07 Å². The normalized spacial score (nSPS) is 14.2. The maximum atomic E-state index is 10.0. The quantitative estimate of drug-likeness (QED) is 0.104. The second kappa shape index (κ2) is 9.27. The molecule has 2 aliphatic rings. The summed E-state index contributed by atoms with van der Waals surface area (Å²) in [4.78, 5) is 17.5. The molecule has 0 saturated heterocycles. The van der Waals surface area contributed by atoms with E-state index in [9.17, 15) is 4.79 Å². The van der Waals surface area contributed by atoms with Crippen LogP contribution in [0, 0.1) is 6.07 Å². The first-order valence-corrected chi connectivity index (χ1v) is 14.7. The Morgan fingerprint density at radius 1 is 1.03 bits per heavy atom. The van der Waals surface area contributed by atoms with Gasteiger partial charge in [0.05, 0.1) is 13.8 Å². The van der Waals surface area contributed by atoms with Gasteiger partial charge < -0.3 is 10.1 Å². The molecular weight excluding hydrogens is 635 g/mol. The number of aromatic nitrogens is 1. The molecule has 0 aliphatic carbocycles. The first-order valence-electron chi connectivity index (χ1n) is 10.9. The molecule has 3 heterocycles. The molecule has 0 atom stereocenters. The zero-order valence-corrected chi connectivity index (χ0v) is 23.6. The summed E-state index contributed by atoms with van der Waals surface area (Å²) >= 11 is 1.88. The van der Waals surface area contributed by atoms with Gasteiger partial charge in [0.15, 0.2) is 5.78 Å².